The number of nitrogens with zero attached hydrogens (tertiary/aromatic N) is 1. The van der Waals surface area contributed by atoms with Gasteiger partial charge in [0, 0.05) is 13.1 Å². The van der Waals surface area contributed by atoms with Crippen LogP contribution in [-0.4, -0.2) is 51.5 Å². The molecule has 4 nitrogen and oxygen atoms in total. The summed E-state index contributed by atoms with van der Waals surface area (Å²) < 4.78 is 5.15. The molecule has 0 atom stereocenters. The molecule has 0 amide bonds. The molecular weight excluding hydrogens is 216 g/mol. The summed E-state index contributed by atoms with van der Waals surface area (Å²) in [5.74, 6) is 0.688. The maximum Gasteiger partial charge on any atom is 0.180 e. The van der Waals surface area contributed by atoms with Gasteiger partial charge in [-0.05, 0) is 26.2 Å². The van der Waals surface area contributed by atoms with Crippen LogP contribution in [0.15, 0.2) is 24.3 Å². The number of methoxy groups -OCH3 is 1. The van der Waals surface area contributed by atoms with E-state index < -0.39 is 0 Å². The Morgan fingerprint density at radius 2 is 2.06 bits per heavy atom. The van der Waals surface area contributed by atoms with Crippen LogP contribution in [0.5, 0.6) is 5.75 Å². The van der Waals surface area contributed by atoms with Crippen molar-refractivity contribution in [1.29, 1.82) is 0 Å². The van der Waals surface area contributed by atoms with Crippen LogP contribution in [0.4, 0.5) is 0 Å². The molecule has 0 unspecified atom stereocenters. The third kappa shape index (κ3) is 4.54. The van der Waals surface area contributed by atoms with E-state index in [1.807, 2.05) is 26.2 Å². The van der Waals surface area contributed by atoms with Gasteiger partial charge in [0.15, 0.2) is 5.78 Å². The highest BCUT2D eigenvalue weighted by atomic mass is 16.5. The first-order valence-corrected chi connectivity index (χ1v) is 5.67. The van der Waals surface area contributed by atoms with Gasteiger partial charge in [-0.3, -0.25) is 4.79 Å². The first kappa shape index (κ1) is 13.7. The summed E-state index contributed by atoms with van der Waals surface area (Å²) in [6, 6.07) is 7.28. The van der Waals surface area contributed by atoms with Crippen LogP contribution in [0, 0.1) is 0 Å². The molecule has 0 fully saturated rings. The van der Waals surface area contributed by atoms with Crippen LogP contribution in [0.2, 0.25) is 0 Å². The molecule has 0 heterocycles. The van der Waals surface area contributed by atoms with Gasteiger partial charge in [-0.2, -0.15) is 0 Å². The molecule has 1 aromatic rings. The number of ketones is 1. The third-order valence-electron chi connectivity index (χ3n) is 2.43. The molecule has 1 N–H and O–H groups in total. The van der Waals surface area contributed by atoms with Gasteiger partial charge in [0.1, 0.15) is 5.75 Å². The average molecular weight is 236 g/mol. The molecule has 1 aromatic carbocycles. The van der Waals surface area contributed by atoms with Gasteiger partial charge >= 0.3 is 0 Å². The topological polar surface area (TPSA) is 41.6 Å². The molecule has 0 saturated heterocycles. The number of ether oxygens (including phenoxy) is 1. The van der Waals surface area contributed by atoms with E-state index in [4.69, 9.17) is 4.74 Å². The summed E-state index contributed by atoms with van der Waals surface area (Å²) in [5, 5.41) is 3.12. The zero-order valence-corrected chi connectivity index (χ0v) is 10.7. The van der Waals surface area contributed by atoms with Gasteiger partial charge in [-0.1, -0.05) is 12.1 Å². The van der Waals surface area contributed by atoms with Crippen molar-refractivity contribution in [2.24, 2.45) is 0 Å². The Morgan fingerprint density at radius 1 is 1.35 bits per heavy atom. The van der Waals surface area contributed by atoms with Crippen molar-refractivity contribution in [2.45, 2.75) is 0 Å². The number of benzene rings is 1. The van der Waals surface area contributed by atoms with Crippen molar-refractivity contribution in [2.75, 3.05) is 40.8 Å². The number of hydrogen-bond acceptors (Lipinski definition) is 4. The molecule has 94 valence electrons. The van der Waals surface area contributed by atoms with Crippen LogP contribution in [-0.2, 0) is 0 Å². The van der Waals surface area contributed by atoms with E-state index >= 15 is 0 Å². The summed E-state index contributed by atoms with van der Waals surface area (Å²) in [6.45, 7) is 2.06. The normalized spacial score (nSPS) is 10.6. The van der Waals surface area contributed by atoms with E-state index in [-0.39, 0.29) is 5.78 Å². The van der Waals surface area contributed by atoms with Gasteiger partial charge in [-0.15, -0.1) is 0 Å². The van der Waals surface area contributed by atoms with E-state index in [1.54, 1.807) is 19.2 Å². The van der Waals surface area contributed by atoms with Crippen molar-refractivity contribution >= 4 is 5.78 Å². The third-order valence-corrected chi connectivity index (χ3v) is 2.43. The lowest BCUT2D eigenvalue weighted by molar-refractivity contribution is 0.0987. The molecule has 0 aromatic heterocycles. The summed E-state index contributed by atoms with van der Waals surface area (Å²) >= 11 is 0. The SMILES string of the molecule is COc1ccccc1C(=O)CNCCN(C)C. The van der Waals surface area contributed by atoms with Crippen LogP contribution in [0.1, 0.15) is 10.4 Å². The zero-order valence-electron chi connectivity index (χ0n) is 10.7. The fourth-order valence-electron chi connectivity index (χ4n) is 1.47. The van der Waals surface area contributed by atoms with E-state index in [0.29, 0.717) is 17.9 Å². The monoisotopic (exact) mass is 236 g/mol. The molecular formula is C13H20N2O2. The highest BCUT2D eigenvalue weighted by Gasteiger charge is 2.10. The minimum atomic E-state index is 0.0567. The minimum absolute atomic E-state index is 0.0567. The van der Waals surface area contributed by atoms with Crippen molar-refractivity contribution < 1.29 is 9.53 Å². The van der Waals surface area contributed by atoms with Crippen molar-refractivity contribution in [1.82, 2.24) is 10.2 Å². The summed E-state index contributed by atoms with van der Waals surface area (Å²) in [6.07, 6.45) is 0. The maximum atomic E-state index is 11.9. The summed E-state index contributed by atoms with van der Waals surface area (Å²) in [4.78, 5) is 14.0. The number of Topliss-reactive ketones (excluding diaryl/α,β-unsaturated/α-hetero) is 1. The minimum Gasteiger partial charge on any atom is -0.496 e. The van der Waals surface area contributed by atoms with Crippen molar-refractivity contribution in [3.8, 4) is 5.75 Å². The second-order valence-electron chi connectivity index (χ2n) is 4.10. The van der Waals surface area contributed by atoms with Gasteiger partial charge in [-0.25, -0.2) is 0 Å². The lowest BCUT2D eigenvalue weighted by atomic mass is 10.1. The Labute approximate surface area is 103 Å². The molecule has 1 rings (SSSR count). The van der Waals surface area contributed by atoms with Gasteiger partial charge in [0.2, 0.25) is 0 Å². The smallest absolute Gasteiger partial charge is 0.180 e. The molecule has 0 bridgehead atoms. The van der Waals surface area contributed by atoms with E-state index in [0.717, 1.165) is 13.1 Å². The standard InChI is InChI=1S/C13H20N2O2/c1-15(2)9-8-14-10-12(16)11-6-4-5-7-13(11)17-3/h4-7,14H,8-10H2,1-3H3. The fraction of sp³-hybridized carbons (Fsp3) is 0.462. The predicted molar refractivity (Wildman–Crippen MR) is 68.7 cm³/mol. The maximum absolute atomic E-state index is 11.9. The number of hydrogen-bond donors (Lipinski definition) is 1. The van der Waals surface area contributed by atoms with Crippen molar-refractivity contribution in [3.63, 3.8) is 0 Å². The van der Waals surface area contributed by atoms with Crippen LogP contribution in [0.3, 0.4) is 0 Å². The Hall–Kier alpha value is -1.39. The molecule has 0 saturated carbocycles. The number of para-hydroxylation sites is 1. The average Bonchev–Trinajstić information content (AvgIpc) is 2.34. The predicted octanol–water partition coefficient (Wildman–Crippen LogP) is 1.03. The van der Waals surface area contributed by atoms with E-state index in [9.17, 15) is 4.79 Å². The van der Waals surface area contributed by atoms with Crippen LogP contribution in [0.25, 0.3) is 0 Å². The largest absolute Gasteiger partial charge is 0.496 e. The van der Waals surface area contributed by atoms with Crippen LogP contribution >= 0.6 is 0 Å². The molecule has 4 heteroatoms. The quantitative estimate of drug-likeness (QED) is 0.567. The Balaban J connectivity index is 2.47. The Kier molecular flexibility index (Phi) is 5.66. The second-order valence-corrected chi connectivity index (χ2v) is 4.10. The molecule has 17 heavy (non-hydrogen) atoms. The molecule has 0 aliphatic carbocycles. The zero-order chi connectivity index (χ0) is 12.7. The van der Waals surface area contributed by atoms with Crippen molar-refractivity contribution in [3.05, 3.63) is 29.8 Å². The Bertz CT molecular complexity index is 364. The highest BCUT2D eigenvalue weighted by molar-refractivity contribution is 6.00. The van der Waals surface area contributed by atoms with E-state index in [2.05, 4.69) is 10.2 Å². The molecule has 0 aliphatic rings. The van der Waals surface area contributed by atoms with Gasteiger partial charge in [0.05, 0.1) is 19.2 Å². The van der Waals surface area contributed by atoms with Gasteiger partial charge < -0.3 is 15.0 Å². The second kappa shape index (κ2) is 7.04. The summed E-state index contributed by atoms with van der Waals surface area (Å²) in [5.41, 5.74) is 0.632. The fourth-order valence-corrected chi connectivity index (χ4v) is 1.47. The number of rotatable bonds is 7. The van der Waals surface area contributed by atoms with Gasteiger partial charge in [0.25, 0.3) is 0 Å². The first-order chi connectivity index (χ1) is 8.15. The number of carbonyl (C=O) groups excluding carboxylic acids is 1. The Morgan fingerprint density at radius 3 is 2.71 bits per heavy atom. The highest BCUT2D eigenvalue weighted by Crippen LogP contribution is 2.17. The number of likely N-dealkylation sites (N-methyl/N-ethyl adjacent to an activating group) is 1. The number of carbonyl (C=O) groups is 1. The lowest BCUT2D eigenvalue weighted by Crippen LogP contribution is -2.30. The molecule has 0 aliphatic heterocycles. The molecule has 0 radical (unpaired) electrons. The van der Waals surface area contributed by atoms with E-state index in [1.165, 1.54) is 0 Å². The first-order valence-electron chi connectivity index (χ1n) is 5.67. The lowest BCUT2D eigenvalue weighted by Gasteiger charge is -2.11. The molecule has 0 spiro atoms. The summed E-state index contributed by atoms with van der Waals surface area (Å²) in [7, 11) is 5.58. The van der Waals surface area contributed by atoms with Crippen LogP contribution < -0.4 is 10.1 Å². The number of nitrogens with one attached hydrogen (secondary N) is 1.